The standard InChI is InChI=1S/C10H17NO3/c1-4-7(2)9(12)8-5-6-11(8)10(13)14-3/h7-8H,4-6H2,1-3H3/t7?,8-/m0/s1. The highest BCUT2D eigenvalue weighted by atomic mass is 16.5. The van der Waals surface area contributed by atoms with Crippen molar-refractivity contribution >= 4 is 11.9 Å². The van der Waals surface area contributed by atoms with E-state index in [9.17, 15) is 9.59 Å². The number of ether oxygens (including phenoxy) is 1. The molecule has 0 saturated carbocycles. The molecule has 0 radical (unpaired) electrons. The monoisotopic (exact) mass is 199 g/mol. The maximum Gasteiger partial charge on any atom is 0.410 e. The maximum atomic E-state index is 11.7. The molecule has 0 aromatic heterocycles. The second-order valence-electron chi connectivity index (χ2n) is 3.68. The molecule has 1 heterocycles. The van der Waals surface area contributed by atoms with E-state index in [1.165, 1.54) is 12.0 Å². The van der Waals surface area contributed by atoms with Gasteiger partial charge in [-0.3, -0.25) is 9.69 Å². The molecule has 1 aliphatic heterocycles. The van der Waals surface area contributed by atoms with Crippen LogP contribution >= 0.6 is 0 Å². The predicted molar refractivity (Wildman–Crippen MR) is 52.0 cm³/mol. The lowest BCUT2D eigenvalue weighted by atomic mass is 9.90. The molecule has 0 bridgehead atoms. The Morgan fingerprint density at radius 1 is 1.57 bits per heavy atom. The molecule has 0 spiro atoms. The van der Waals surface area contributed by atoms with Crippen molar-refractivity contribution in [1.82, 2.24) is 4.90 Å². The van der Waals surface area contributed by atoms with Gasteiger partial charge in [0.15, 0.2) is 5.78 Å². The Labute approximate surface area is 84.2 Å². The van der Waals surface area contributed by atoms with Crippen molar-refractivity contribution in [2.45, 2.75) is 32.7 Å². The van der Waals surface area contributed by atoms with Crippen molar-refractivity contribution < 1.29 is 14.3 Å². The highest BCUT2D eigenvalue weighted by molar-refractivity contribution is 5.90. The van der Waals surface area contributed by atoms with Crippen LogP contribution in [0.15, 0.2) is 0 Å². The lowest BCUT2D eigenvalue weighted by molar-refractivity contribution is -0.131. The highest BCUT2D eigenvalue weighted by Crippen LogP contribution is 2.22. The summed E-state index contributed by atoms with van der Waals surface area (Å²) < 4.78 is 4.58. The van der Waals surface area contributed by atoms with Crippen LogP contribution in [-0.4, -0.2) is 36.5 Å². The van der Waals surface area contributed by atoms with Gasteiger partial charge >= 0.3 is 6.09 Å². The van der Waals surface area contributed by atoms with E-state index >= 15 is 0 Å². The summed E-state index contributed by atoms with van der Waals surface area (Å²) in [6.45, 7) is 4.51. The van der Waals surface area contributed by atoms with E-state index in [2.05, 4.69) is 4.74 Å². The van der Waals surface area contributed by atoms with Crippen molar-refractivity contribution in [1.29, 1.82) is 0 Å². The maximum absolute atomic E-state index is 11.7. The Morgan fingerprint density at radius 3 is 2.57 bits per heavy atom. The molecule has 0 aliphatic carbocycles. The SMILES string of the molecule is CCC(C)C(=O)[C@@H]1CCN1C(=O)OC. The van der Waals surface area contributed by atoms with Gasteiger partial charge in [0, 0.05) is 12.5 Å². The van der Waals surface area contributed by atoms with Crippen LogP contribution < -0.4 is 0 Å². The van der Waals surface area contributed by atoms with E-state index in [0.29, 0.717) is 6.54 Å². The molecule has 0 aromatic rings. The fourth-order valence-corrected chi connectivity index (χ4v) is 1.55. The lowest BCUT2D eigenvalue weighted by Gasteiger charge is -2.39. The predicted octanol–water partition coefficient (Wildman–Crippen LogP) is 1.44. The summed E-state index contributed by atoms with van der Waals surface area (Å²) in [4.78, 5) is 24.4. The van der Waals surface area contributed by atoms with Gasteiger partial charge in [0.1, 0.15) is 0 Å². The topological polar surface area (TPSA) is 46.6 Å². The average molecular weight is 199 g/mol. The molecular weight excluding hydrogens is 182 g/mol. The number of rotatable bonds is 3. The minimum absolute atomic E-state index is 0.0347. The second-order valence-corrected chi connectivity index (χ2v) is 3.68. The molecule has 4 heteroatoms. The van der Waals surface area contributed by atoms with Crippen LogP contribution in [0.25, 0.3) is 0 Å². The van der Waals surface area contributed by atoms with Crippen molar-refractivity contribution in [3.8, 4) is 0 Å². The van der Waals surface area contributed by atoms with Gasteiger partial charge in [-0.1, -0.05) is 13.8 Å². The number of Topliss-reactive ketones (excluding diaryl/α,β-unsaturated/α-hetero) is 1. The van der Waals surface area contributed by atoms with Crippen LogP contribution in [0.4, 0.5) is 4.79 Å². The average Bonchev–Trinajstić information content (AvgIpc) is 2.14. The Morgan fingerprint density at radius 2 is 2.21 bits per heavy atom. The van der Waals surface area contributed by atoms with E-state index in [1.54, 1.807) is 0 Å². The first kappa shape index (κ1) is 11.0. The van der Waals surface area contributed by atoms with Crippen molar-refractivity contribution in [2.75, 3.05) is 13.7 Å². The molecule has 1 unspecified atom stereocenters. The van der Waals surface area contributed by atoms with Gasteiger partial charge in [-0.2, -0.15) is 0 Å². The number of methoxy groups -OCH3 is 1. The molecule has 80 valence electrons. The number of amides is 1. The third-order valence-electron chi connectivity index (χ3n) is 2.86. The fourth-order valence-electron chi connectivity index (χ4n) is 1.55. The molecule has 14 heavy (non-hydrogen) atoms. The number of hydrogen-bond acceptors (Lipinski definition) is 3. The summed E-state index contributed by atoms with van der Waals surface area (Å²) in [7, 11) is 1.34. The van der Waals surface area contributed by atoms with Crippen LogP contribution in [0, 0.1) is 5.92 Å². The van der Waals surface area contributed by atoms with E-state index < -0.39 is 6.09 Å². The number of carbonyl (C=O) groups is 2. The first-order chi connectivity index (χ1) is 6.61. The van der Waals surface area contributed by atoms with Gasteiger partial charge in [-0.05, 0) is 12.8 Å². The third kappa shape index (κ3) is 1.89. The normalized spacial score (nSPS) is 22.5. The summed E-state index contributed by atoms with van der Waals surface area (Å²) in [5, 5.41) is 0. The Hall–Kier alpha value is -1.06. The molecule has 4 nitrogen and oxygen atoms in total. The number of ketones is 1. The van der Waals surface area contributed by atoms with Crippen LogP contribution in [0.3, 0.4) is 0 Å². The largest absolute Gasteiger partial charge is 0.453 e. The van der Waals surface area contributed by atoms with Gasteiger partial charge in [0.05, 0.1) is 13.2 Å². The Bertz CT molecular complexity index is 240. The number of nitrogens with zero attached hydrogens (tertiary/aromatic N) is 1. The first-order valence-electron chi connectivity index (χ1n) is 5.00. The summed E-state index contributed by atoms with van der Waals surface area (Å²) in [6, 6.07) is -0.239. The fraction of sp³-hybridized carbons (Fsp3) is 0.800. The smallest absolute Gasteiger partial charge is 0.410 e. The molecule has 2 atom stereocenters. The molecule has 1 fully saturated rings. The van der Waals surface area contributed by atoms with E-state index in [0.717, 1.165) is 12.8 Å². The number of likely N-dealkylation sites (tertiary alicyclic amines) is 1. The summed E-state index contributed by atoms with van der Waals surface area (Å²) >= 11 is 0. The molecule has 1 amide bonds. The highest BCUT2D eigenvalue weighted by Gasteiger charge is 2.39. The molecule has 1 rings (SSSR count). The zero-order valence-electron chi connectivity index (χ0n) is 8.95. The lowest BCUT2D eigenvalue weighted by Crippen LogP contribution is -2.56. The van der Waals surface area contributed by atoms with Gasteiger partial charge in [-0.25, -0.2) is 4.79 Å². The van der Waals surface area contributed by atoms with Crippen molar-refractivity contribution in [3.63, 3.8) is 0 Å². The molecule has 0 N–H and O–H groups in total. The number of carbonyl (C=O) groups excluding carboxylic acids is 2. The molecule has 1 aliphatic rings. The van der Waals surface area contributed by atoms with Crippen LogP contribution in [0.2, 0.25) is 0 Å². The van der Waals surface area contributed by atoms with Crippen molar-refractivity contribution in [2.24, 2.45) is 5.92 Å². The van der Waals surface area contributed by atoms with Gasteiger partial charge in [0.25, 0.3) is 0 Å². The second kappa shape index (κ2) is 4.44. The van der Waals surface area contributed by atoms with E-state index in [1.807, 2.05) is 13.8 Å². The minimum Gasteiger partial charge on any atom is -0.453 e. The Kier molecular flexibility index (Phi) is 3.49. The van der Waals surface area contributed by atoms with Crippen LogP contribution in [0.5, 0.6) is 0 Å². The molecular formula is C10H17NO3. The zero-order chi connectivity index (χ0) is 10.7. The molecule has 1 saturated heterocycles. The van der Waals surface area contributed by atoms with E-state index in [4.69, 9.17) is 0 Å². The zero-order valence-corrected chi connectivity index (χ0v) is 8.95. The van der Waals surface area contributed by atoms with Crippen LogP contribution in [-0.2, 0) is 9.53 Å². The quantitative estimate of drug-likeness (QED) is 0.691. The first-order valence-corrected chi connectivity index (χ1v) is 5.00. The van der Waals surface area contributed by atoms with E-state index in [-0.39, 0.29) is 17.7 Å². The Balaban J connectivity index is 2.54. The minimum atomic E-state index is -0.391. The van der Waals surface area contributed by atoms with Crippen LogP contribution in [0.1, 0.15) is 26.7 Å². The summed E-state index contributed by atoms with van der Waals surface area (Å²) in [5.41, 5.74) is 0. The van der Waals surface area contributed by atoms with Gasteiger partial charge < -0.3 is 4.74 Å². The van der Waals surface area contributed by atoms with Gasteiger partial charge in [0.2, 0.25) is 0 Å². The number of hydrogen-bond donors (Lipinski definition) is 0. The molecule has 0 aromatic carbocycles. The third-order valence-corrected chi connectivity index (χ3v) is 2.86. The summed E-state index contributed by atoms with van der Waals surface area (Å²) in [5.74, 6) is 0.191. The summed E-state index contributed by atoms with van der Waals surface area (Å²) in [6.07, 6.45) is 1.21. The van der Waals surface area contributed by atoms with Gasteiger partial charge in [-0.15, -0.1) is 0 Å². The van der Waals surface area contributed by atoms with Crippen molar-refractivity contribution in [3.05, 3.63) is 0 Å².